The van der Waals surface area contributed by atoms with Crippen molar-refractivity contribution in [3.63, 3.8) is 0 Å². The normalized spacial score (nSPS) is 17.0. The number of amides is 2. The molecule has 0 aliphatic carbocycles. The molecule has 6 nitrogen and oxygen atoms in total. The zero-order valence-corrected chi connectivity index (χ0v) is 18.0. The Morgan fingerprint density at radius 2 is 1.87 bits per heavy atom. The summed E-state index contributed by atoms with van der Waals surface area (Å²) in [5.74, 6) is 0.496. The van der Waals surface area contributed by atoms with E-state index in [-0.39, 0.29) is 29.5 Å². The molecule has 8 heteroatoms. The van der Waals surface area contributed by atoms with Crippen molar-refractivity contribution in [2.24, 2.45) is 0 Å². The van der Waals surface area contributed by atoms with Crippen LogP contribution in [0.2, 0.25) is 0 Å². The van der Waals surface area contributed by atoms with E-state index in [2.05, 4.69) is 10.3 Å². The van der Waals surface area contributed by atoms with E-state index in [0.717, 1.165) is 18.4 Å². The molecule has 1 saturated heterocycles. The Morgan fingerprint density at radius 1 is 1.19 bits per heavy atom. The molecule has 0 spiro atoms. The fourth-order valence-corrected chi connectivity index (χ4v) is 3.76. The van der Waals surface area contributed by atoms with Crippen molar-refractivity contribution in [1.29, 1.82) is 0 Å². The summed E-state index contributed by atoms with van der Waals surface area (Å²) < 4.78 is 25.5. The van der Waals surface area contributed by atoms with Gasteiger partial charge in [0.2, 0.25) is 5.91 Å². The minimum atomic E-state index is -2.48. The van der Waals surface area contributed by atoms with E-state index >= 15 is 0 Å². The number of carbonyl (C=O) groups excluding carboxylic acids is 2. The van der Waals surface area contributed by atoms with Gasteiger partial charge in [-0.05, 0) is 30.5 Å². The molecule has 0 bridgehead atoms. The second kappa shape index (κ2) is 9.85. The predicted octanol–water partition coefficient (Wildman–Crippen LogP) is 4.28. The highest BCUT2D eigenvalue weighted by Crippen LogP contribution is 2.25. The molecule has 0 unspecified atom stereocenters. The van der Waals surface area contributed by atoms with Crippen LogP contribution in [0.1, 0.15) is 60.6 Å². The minimum absolute atomic E-state index is 0.00163. The van der Waals surface area contributed by atoms with Crippen molar-refractivity contribution < 1.29 is 18.4 Å². The summed E-state index contributed by atoms with van der Waals surface area (Å²) in [4.78, 5) is 32.1. The number of carbonyl (C=O) groups is 2. The number of halogens is 2. The smallest absolute Gasteiger partial charge is 0.263 e. The van der Waals surface area contributed by atoms with E-state index in [4.69, 9.17) is 0 Å². The van der Waals surface area contributed by atoms with Crippen molar-refractivity contribution in [2.45, 2.75) is 45.2 Å². The number of aromatic nitrogens is 1. The first-order valence-corrected chi connectivity index (χ1v) is 10.4. The van der Waals surface area contributed by atoms with Crippen LogP contribution in [0.4, 0.5) is 14.6 Å². The van der Waals surface area contributed by atoms with E-state index in [0.29, 0.717) is 24.5 Å². The van der Waals surface area contributed by atoms with Crippen LogP contribution in [0.25, 0.3) is 0 Å². The first-order valence-electron chi connectivity index (χ1n) is 10.4. The van der Waals surface area contributed by atoms with Crippen molar-refractivity contribution in [3.8, 4) is 0 Å². The first-order chi connectivity index (χ1) is 14.8. The number of nitrogens with zero attached hydrogens (tertiary/aromatic N) is 3. The van der Waals surface area contributed by atoms with Crippen LogP contribution >= 0.6 is 0 Å². The van der Waals surface area contributed by atoms with Crippen LogP contribution in [-0.4, -0.2) is 52.8 Å². The maximum absolute atomic E-state index is 12.8. The van der Waals surface area contributed by atoms with E-state index in [1.54, 1.807) is 47.3 Å². The highest BCUT2D eigenvalue weighted by Gasteiger charge is 2.30. The Morgan fingerprint density at radius 3 is 2.42 bits per heavy atom. The SMILES string of the molecule is CC[C@H](Nc1ccc(C(=O)N2CC[C@H](N(C)C(C)=O)C2)cn1)c1ccc(C(F)F)cc1. The van der Waals surface area contributed by atoms with E-state index < -0.39 is 6.43 Å². The van der Waals surface area contributed by atoms with Gasteiger partial charge in [0.1, 0.15) is 5.82 Å². The molecule has 166 valence electrons. The van der Waals surface area contributed by atoms with Crippen LogP contribution in [0.3, 0.4) is 0 Å². The predicted molar refractivity (Wildman–Crippen MR) is 115 cm³/mol. The van der Waals surface area contributed by atoms with Gasteiger partial charge in [-0.1, -0.05) is 31.2 Å². The molecule has 2 aromatic rings. The molecular weight excluding hydrogens is 402 g/mol. The van der Waals surface area contributed by atoms with Gasteiger partial charge in [0.25, 0.3) is 12.3 Å². The number of rotatable bonds is 7. The summed E-state index contributed by atoms with van der Waals surface area (Å²) in [5.41, 5.74) is 1.39. The molecule has 1 aliphatic rings. The summed E-state index contributed by atoms with van der Waals surface area (Å²) in [6.07, 6.45) is 0.564. The number of pyridine rings is 1. The van der Waals surface area contributed by atoms with Crippen LogP contribution in [-0.2, 0) is 4.79 Å². The van der Waals surface area contributed by atoms with Crippen molar-refractivity contribution in [2.75, 3.05) is 25.5 Å². The maximum Gasteiger partial charge on any atom is 0.263 e. The van der Waals surface area contributed by atoms with E-state index in [1.807, 2.05) is 6.92 Å². The summed E-state index contributed by atoms with van der Waals surface area (Å²) in [6.45, 7) is 4.64. The Labute approximate surface area is 181 Å². The number of benzene rings is 1. The van der Waals surface area contributed by atoms with Crippen LogP contribution in [0.15, 0.2) is 42.6 Å². The molecule has 31 heavy (non-hydrogen) atoms. The summed E-state index contributed by atoms with van der Waals surface area (Å²) in [5, 5.41) is 3.30. The molecule has 3 rings (SSSR count). The maximum atomic E-state index is 12.8. The first kappa shape index (κ1) is 22.7. The molecule has 1 aromatic heterocycles. The number of nitrogens with one attached hydrogen (secondary N) is 1. The van der Waals surface area contributed by atoms with Gasteiger partial charge in [0.15, 0.2) is 0 Å². The monoisotopic (exact) mass is 430 g/mol. The van der Waals surface area contributed by atoms with Gasteiger partial charge in [0, 0.05) is 38.8 Å². The average molecular weight is 430 g/mol. The fraction of sp³-hybridized carbons (Fsp3) is 0.435. The Bertz CT molecular complexity index is 903. The van der Waals surface area contributed by atoms with Gasteiger partial charge in [-0.15, -0.1) is 0 Å². The Balaban J connectivity index is 1.63. The molecular formula is C23H28F2N4O2. The third-order valence-corrected chi connectivity index (χ3v) is 5.83. The van der Waals surface area contributed by atoms with Gasteiger partial charge in [-0.25, -0.2) is 13.8 Å². The lowest BCUT2D eigenvalue weighted by atomic mass is 10.0. The third-order valence-electron chi connectivity index (χ3n) is 5.83. The van der Waals surface area contributed by atoms with Gasteiger partial charge < -0.3 is 15.1 Å². The lowest BCUT2D eigenvalue weighted by molar-refractivity contribution is -0.129. The van der Waals surface area contributed by atoms with Crippen LogP contribution in [0, 0.1) is 0 Å². The van der Waals surface area contributed by atoms with E-state index in [9.17, 15) is 18.4 Å². The van der Waals surface area contributed by atoms with Gasteiger partial charge in [-0.3, -0.25) is 9.59 Å². The summed E-state index contributed by atoms with van der Waals surface area (Å²) >= 11 is 0. The lowest BCUT2D eigenvalue weighted by Gasteiger charge is -2.23. The molecule has 0 saturated carbocycles. The zero-order valence-electron chi connectivity index (χ0n) is 18.0. The van der Waals surface area contributed by atoms with Crippen molar-refractivity contribution >= 4 is 17.6 Å². The second-order valence-corrected chi connectivity index (χ2v) is 7.83. The molecule has 2 heterocycles. The quantitative estimate of drug-likeness (QED) is 0.712. The molecule has 1 N–H and O–H groups in total. The second-order valence-electron chi connectivity index (χ2n) is 7.83. The fourth-order valence-electron chi connectivity index (χ4n) is 3.76. The topological polar surface area (TPSA) is 65.5 Å². The highest BCUT2D eigenvalue weighted by molar-refractivity contribution is 5.94. The van der Waals surface area contributed by atoms with Crippen LogP contribution in [0.5, 0.6) is 0 Å². The molecule has 2 amide bonds. The molecule has 1 aromatic carbocycles. The van der Waals surface area contributed by atoms with Gasteiger partial charge in [-0.2, -0.15) is 0 Å². The number of likely N-dealkylation sites (tertiary alicyclic amines) is 1. The van der Waals surface area contributed by atoms with Gasteiger partial charge in [0.05, 0.1) is 17.6 Å². The standard InChI is InChI=1S/C23H28F2N4O2/c1-4-20(16-5-7-17(8-6-16)22(24)25)27-21-10-9-18(13-26-21)23(31)29-12-11-19(14-29)28(3)15(2)30/h5-10,13,19-20,22H,4,11-12,14H2,1-3H3,(H,26,27)/t19-,20-/m0/s1. The number of alkyl halides is 2. The Kier molecular flexibility index (Phi) is 7.20. The number of likely N-dealkylation sites (N-methyl/N-ethyl adjacent to an activating group) is 1. The van der Waals surface area contributed by atoms with Crippen LogP contribution < -0.4 is 5.32 Å². The van der Waals surface area contributed by atoms with Crippen molar-refractivity contribution in [1.82, 2.24) is 14.8 Å². The average Bonchev–Trinajstić information content (AvgIpc) is 3.27. The molecule has 0 radical (unpaired) electrons. The molecule has 2 atom stereocenters. The molecule has 1 fully saturated rings. The van der Waals surface area contributed by atoms with Gasteiger partial charge >= 0.3 is 0 Å². The zero-order chi connectivity index (χ0) is 22.5. The third kappa shape index (κ3) is 5.37. The minimum Gasteiger partial charge on any atom is -0.363 e. The Hall–Kier alpha value is -3.03. The summed E-state index contributed by atoms with van der Waals surface area (Å²) in [6, 6.07) is 9.70. The van der Waals surface area contributed by atoms with Crippen molar-refractivity contribution in [3.05, 3.63) is 59.3 Å². The number of hydrogen-bond donors (Lipinski definition) is 1. The highest BCUT2D eigenvalue weighted by atomic mass is 19.3. The largest absolute Gasteiger partial charge is 0.363 e. The summed E-state index contributed by atoms with van der Waals surface area (Å²) in [7, 11) is 1.76. The molecule has 1 aliphatic heterocycles. The number of hydrogen-bond acceptors (Lipinski definition) is 4. The lowest BCUT2D eigenvalue weighted by Crippen LogP contribution is -2.38. The van der Waals surface area contributed by atoms with E-state index in [1.165, 1.54) is 19.1 Å². The number of anilines is 1.